The predicted octanol–water partition coefficient (Wildman–Crippen LogP) is 0.315. The molecule has 74 valence electrons. The molecule has 0 bridgehead atoms. The fraction of sp³-hybridized carbons (Fsp3) is 0.500. The van der Waals surface area contributed by atoms with Crippen molar-refractivity contribution in [2.75, 3.05) is 0 Å². The fourth-order valence-corrected chi connectivity index (χ4v) is 1.43. The number of aryl methyl sites for hydroxylation is 2. The van der Waals surface area contributed by atoms with Crippen molar-refractivity contribution in [1.82, 2.24) is 30.4 Å². The molecular formula is C8H12N6. The summed E-state index contributed by atoms with van der Waals surface area (Å²) in [6, 6.07) is 2.04. The van der Waals surface area contributed by atoms with E-state index < -0.39 is 0 Å². The van der Waals surface area contributed by atoms with Crippen LogP contribution in [0.3, 0.4) is 0 Å². The van der Waals surface area contributed by atoms with Gasteiger partial charge in [0.1, 0.15) is 0 Å². The lowest BCUT2D eigenvalue weighted by Gasteiger charge is -2.00. The van der Waals surface area contributed by atoms with Crippen molar-refractivity contribution in [1.29, 1.82) is 0 Å². The normalized spacial score (nSPS) is 10.7. The molecule has 0 unspecified atom stereocenters. The minimum absolute atomic E-state index is 0.672. The van der Waals surface area contributed by atoms with Gasteiger partial charge in [-0.05, 0) is 19.9 Å². The summed E-state index contributed by atoms with van der Waals surface area (Å²) in [5, 5.41) is 18.1. The monoisotopic (exact) mass is 192 g/mol. The van der Waals surface area contributed by atoms with Crippen LogP contribution in [0, 0.1) is 6.92 Å². The molecule has 0 aromatic carbocycles. The van der Waals surface area contributed by atoms with Crippen molar-refractivity contribution in [2.45, 2.75) is 26.8 Å². The summed E-state index contributed by atoms with van der Waals surface area (Å²) >= 11 is 0. The van der Waals surface area contributed by atoms with Gasteiger partial charge >= 0.3 is 0 Å². The molecule has 0 saturated carbocycles. The van der Waals surface area contributed by atoms with Crippen LogP contribution >= 0.6 is 0 Å². The molecule has 0 aliphatic carbocycles. The summed E-state index contributed by atoms with van der Waals surface area (Å²) in [7, 11) is 0. The Kier molecular flexibility index (Phi) is 2.26. The molecule has 2 aromatic heterocycles. The van der Waals surface area contributed by atoms with E-state index in [1.807, 2.05) is 17.7 Å². The van der Waals surface area contributed by atoms with E-state index in [0.29, 0.717) is 12.2 Å². The van der Waals surface area contributed by atoms with Gasteiger partial charge in [-0.3, -0.25) is 4.68 Å². The number of tetrazole rings is 1. The Morgan fingerprint density at radius 1 is 1.50 bits per heavy atom. The summed E-state index contributed by atoms with van der Waals surface area (Å²) in [6.45, 7) is 4.90. The quantitative estimate of drug-likeness (QED) is 0.759. The average molecular weight is 192 g/mol. The van der Waals surface area contributed by atoms with E-state index >= 15 is 0 Å². The number of aromatic amines is 1. The van der Waals surface area contributed by atoms with Gasteiger partial charge in [-0.1, -0.05) is 5.21 Å². The first-order valence-corrected chi connectivity index (χ1v) is 4.55. The molecule has 2 rings (SSSR count). The zero-order valence-corrected chi connectivity index (χ0v) is 8.23. The Balaban J connectivity index is 2.23. The lowest BCUT2D eigenvalue weighted by atomic mass is 10.3. The van der Waals surface area contributed by atoms with Gasteiger partial charge in [0.25, 0.3) is 0 Å². The first-order valence-electron chi connectivity index (χ1n) is 4.55. The highest BCUT2D eigenvalue weighted by molar-refractivity contribution is 5.12. The molecular weight excluding hydrogens is 180 g/mol. The molecule has 0 amide bonds. The number of hydrogen-bond donors (Lipinski definition) is 1. The van der Waals surface area contributed by atoms with Crippen LogP contribution in [-0.2, 0) is 13.0 Å². The SMILES string of the molecule is CCn1nc(C)cc1Cc1nn[nH]n1. The highest BCUT2D eigenvalue weighted by Gasteiger charge is 2.07. The van der Waals surface area contributed by atoms with Crippen molar-refractivity contribution in [2.24, 2.45) is 0 Å². The largest absolute Gasteiger partial charge is 0.269 e. The van der Waals surface area contributed by atoms with Crippen LogP contribution in [0.5, 0.6) is 0 Å². The van der Waals surface area contributed by atoms with Crippen LogP contribution < -0.4 is 0 Å². The van der Waals surface area contributed by atoms with E-state index in [9.17, 15) is 0 Å². The van der Waals surface area contributed by atoms with Crippen molar-refractivity contribution in [3.8, 4) is 0 Å². The van der Waals surface area contributed by atoms with Gasteiger partial charge in [-0.2, -0.15) is 10.3 Å². The summed E-state index contributed by atoms with van der Waals surface area (Å²) < 4.78 is 1.95. The molecule has 1 N–H and O–H groups in total. The predicted molar refractivity (Wildman–Crippen MR) is 49.6 cm³/mol. The molecule has 0 aliphatic heterocycles. The molecule has 0 aliphatic rings. The highest BCUT2D eigenvalue weighted by Crippen LogP contribution is 2.07. The van der Waals surface area contributed by atoms with Gasteiger partial charge in [0.05, 0.1) is 12.1 Å². The maximum absolute atomic E-state index is 4.34. The van der Waals surface area contributed by atoms with Gasteiger partial charge in [-0.25, -0.2) is 0 Å². The molecule has 0 spiro atoms. The first kappa shape index (κ1) is 8.86. The molecule has 6 nitrogen and oxygen atoms in total. The van der Waals surface area contributed by atoms with Gasteiger partial charge in [0.2, 0.25) is 0 Å². The molecule has 0 atom stereocenters. The molecule has 0 radical (unpaired) electrons. The number of nitrogens with zero attached hydrogens (tertiary/aromatic N) is 5. The van der Waals surface area contributed by atoms with Gasteiger partial charge in [-0.15, -0.1) is 10.2 Å². The number of nitrogens with one attached hydrogen (secondary N) is 1. The van der Waals surface area contributed by atoms with Crippen LogP contribution in [0.4, 0.5) is 0 Å². The van der Waals surface area contributed by atoms with Crippen molar-refractivity contribution in [3.05, 3.63) is 23.3 Å². The smallest absolute Gasteiger partial charge is 0.180 e. The number of H-pyrrole nitrogens is 1. The standard InChI is InChI=1S/C8H12N6/c1-3-14-7(4-6(2)11-14)5-8-9-12-13-10-8/h4H,3,5H2,1-2H3,(H,9,10,12,13). The van der Waals surface area contributed by atoms with Crippen LogP contribution in [0.15, 0.2) is 6.07 Å². The van der Waals surface area contributed by atoms with Crippen LogP contribution in [0.25, 0.3) is 0 Å². The van der Waals surface area contributed by atoms with Crippen molar-refractivity contribution >= 4 is 0 Å². The van der Waals surface area contributed by atoms with Gasteiger partial charge in [0, 0.05) is 12.2 Å². The van der Waals surface area contributed by atoms with E-state index in [-0.39, 0.29) is 0 Å². The average Bonchev–Trinajstić information content (AvgIpc) is 2.76. The lowest BCUT2D eigenvalue weighted by molar-refractivity contribution is 0.621. The molecule has 0 saturated heterocycles. The second-order valence-corrected chi connectivity index (χ2v) is 3.10. The van der Waals surface area contributed by atoms with E-state index in [2.05, 4.69) is 32.6 Å². The third kappa shape index (κ3) is 1.63. The Hall–Kier alpha value is -1.72. The fourth-order valence-electron chi connectivity index (χ4n) is 1.43. The molecule has 2 aromatic rings. The number of rotatable bonds is 3. The zero-order chi connectivity index (χ0) is 9.97. The van der Waals surface area contributed by atoms with E-state index in [4.69, 9.17) is 0 Å². The van der Waals surface area contributed by atoms with E-state index in [1.54, 1.807) is 0 Å². The van der Waals surface area contributed by atoms with Gasteiger partial charge in [0.15, 0.2) is 5.82 Å². The van der Waals surface area contributed by atoms with Crippen molar-refractivity contribution < 1.29 is 0 Å². The van der Waals surface area contributed by atoms with Crippen molar-refractivity contribution in [3.63, 3.8) is 0 Å². The van der Waals surface area contributed by atoms with E-state index in [1.165, 1.54) is 0 Å². The molecule has 14 heavy (non-hydrogen) atoms. The maximum atomic E-state index is 4.34. The maximum Gasteiger partial charge on any atom is 0.180 e. The third-order valence-electron chi connectivity index (χ3n) is 2.01. The Labute approximate surface area is 81.3 Å². The third-order valence-corrected chi connectivity index (χ3v) is 2.01. The van der Waals surface area contributed by atoms with Gasteiger partial charge < -0.3 is 0 Å². The Morgan fingerprint density at radius 3 is 3.00 bits per heavy atom. The Morgan fingerprint density at radius 2 is 2.36 bits per heavy atom. The summed E-state index contributed by atoms with van der Waals surface area (Å²) in [6.07, 6.45) is 0.672. The van der Waals surface area contributed by atoms with Crippen LogP contribution in [-0.4, -0.2) is 30.4 Å². The highest BCUT2D eigenvalue weighted by atomic mass is 15.5. The second kappa shape index (κ2) is 3.57. The minimum atomic E-state index is 0.672. The number of aromatic nitrogens is 6. The minimum Gasteiger partial charge on any atom is -0.269 e. The second-order valence-electron chi connectivity index (χ2n) is 3.10. The topological polar surface area (TPSA) is 72.3 Å². The lowest BCUT2D eigenvalue weighted by Crippen LogP contribution is -2.04. The van der Waals surface area contributed by atoms with Crippen LogP contribution in [0.2, 0.25) is 0 Å². The van der Waals surface area contributed by atoms with Crippen LogP contribution in [0.1, 0.15) is 24.1 Å². The number of hydrogen-bond acceptors (Lipinski definition) is 4. The Bertz CT molecular complexity index is 401. The zero-order valence-electron chi connectivity index (χ0n) is 8.23. The molecule has 6 heteroatoms. The molecule has 2 heterocycles. The first-order chi connectivity index (χ1) is 6.79. The van der Waals surface area contributed by atoms with E-state index in [0.717, 1.165) is 17.9 Å². The molecule has 0 fully saturated rings. The summed E-state index contributed by atoms with van der Waals surface area (Å²) in [4.78, 5) is 0. The summed E-state index contributed by atoms with van der Waals surface area (Å²) in [5.74, 6) is 0.694. The summed E-state index contributed by atoms with van der Waals surface area (Å²) in [5.41, 5.74) is 2.14.